The van der Waals surface area contributed by atoms with Crippen molar-refractivity contribution in [3.05, 3.63) is 34.6 Å². The van der Waals surface area contributed by atoms with Gasteiger partial charge in [0, 0.05) is 35.1 Å². The van der Waals surface area contributed by atoms with Crippen LogP contribution in [-0.4, -0.2) is 37.8 Å². The number of hydrogen-bond acceptors (Lipinski definition) is 8. The van der Waals surface area contributed by atoms with E-state index >= 15 is 0 Å². The molecule has 3 rings (SSSR count). The second-order valence-electron chi connectivity index (χ2n) is 6.29. The topological polar surface area (TPSA) is 72.7 Å². The molecule has 138 valence electrons. The summed E-state index contributed by atoms with van der Waals surface area (Å²) in [5.74, 6) is 0.989. The van der Waals surface area contributed by atoms with Crippen LogP contribution in [0, 0.1) is 19.8 Å². The Kier molecular flexibility index (Phi) is 6.10. The molecule has 6 nitrogen and oxygen atoms in total. The SMILES string of the molecule is Cc1cc(C(=O)CSc2nnc(NCC(C)C)s2)c(C)n1-c1nccs1. The Hall–Kier alpha value is -1.71. The fourth-order valence-corrected chi connectivity index (χ4v) is 4.90. The van der Waals surface area contributed by atoms with Crippen molar-refractivity contribution in [2.24, 2.45) is 5.92 Å². The monoisotopic (exact) mass is 407 g/mol. The van der Waals surface area contributed by atoms with E-state index in [9.17, 15) is 4.79 Å². The minimum Gasteiger partial charge on any atom is -0.360 e. The minimum atomic E-state index is 0.0952. The molecule has 0 spiro atoms. The van der Waals surface area contributed by atoms with Crippen LogP contribution in [0.15, 0.2) is 22.0 Å². The number of carbonyl (C=O) groups is 1. The van der Waals surface area contributed by atoms with E-state index in [1.54, 1.807) is 17.5 Å². The number of nitrogens with zero attached hydrogens (tertiary/aromatic N) is 4. The third-order valence-corrected chi connectivity index (χ3v) is 6.51. The highest BCUT2D eigenvalue weighted by Crippen LogP contribution is 2.28. The van der Waals surface area contributed by atoms with Gasteiger partial charge < -0.3 is 5.32 Å². The van der Waals surface area contributed by atoms with Crippen LogP contribution in [-0.2, 0) is 0 Å². The van der Waals surface area contributed by atoms with E-state index in [1.165, 1.54) is 23.1 Å². The van der Waals surface area contributed by atoms with Crippen molar-refractivity contribution in [1.29, 1.82) is 0 Å². The van der Waals surface area contributed by atoms with Crippen LogP contribution in [0.25, 0.3) is 5.13 Å². The zero-order chi connectivity index (χ0) is 18.7. The molecule has 3 heterocycles. The van der Waals surface area contributed by atoms with Crippen LogP contribution in [0.4, 0.5) is 5.13 Å². The van der Waals surface area contributed by atoms with E-state index in [0.29, 0.717) is 11.7 Å². The summed E-state index contributed by atoms with van der Waals surface area (Å²) >= 11 is 4.48. The van der Waals surface area contributed by atoms with Crippen LogP contribution in [0.2, 0.25) is 0 Å². The van der Waals surface area contributed by atoms with Crippen molar-refractivity contribution >= 4 is 45.4 Å². The quantitative estimate of drug-likeness (QED) is 0.439. The van der Waals surface area contributed by atoms with Crippen molar-refractivity contribution in [1.82, 2.24) is 19.7 Å². The second kappa shape index (κ2) is 8.32. The molecule has 0 unspecified atom stereocenters. The predicted octanol–water partition coefficient (Wildman–Crippen LogP) is 4.45. The van der Waals surface area contributed by atoms with E-state index < -0.39 is 0 Å². The number of ketones is 1. The van der Waals surface area contributed by atoms with Gasteiger partial charge in [-0.3, -0.25) is 9.36 Å². The number of thioether (sulfide) groups is 1. The van der Waals surface area contributed by atoms with Crippen LogP contribution in [0.5, 0.6) is 0 Å². The average Bonchev–Trinajstić information content (AvgIpc) is 3.32. The highest BCUT2D eigenvalue weighted by molar-refractivity contribution is 8.01. The maximum atomic E-state index is 12.7. The molecule has 0 fully saturated rings. The first kappa shape index (κ1) is 19.1. The van der Waals surface area contributed by atoms with Gasteiger partial charge >= 0.3 is 0 Å². The highest BCUT2D eigenvalue weighted by Gasteiger charge is 2.18. The lowest BCUT2D eigenvalue weighted by molar-refractivity contribution is 0.102. The number of Topliss-reactive ketones (excluding diaryl/α,β-unsaturated/α-hetero) is 1. The molecule has 3 aromatic heterocycles. The maximum Gasteiger partial charge on any atom is 0.206 e. The first-order valence-electron chi connectivity index (χ1n) is 8.28. The van der Waals surface area contributed by atoms with Gasteiger partial charge in [-0.2, -0.15) is 0 Å². The van der Waals surface area contributed by atoms with Crippen LogP contribution >= 0.6 is 34.4 Å². The first-order valence-corrected chi connectivity index (χ1v) is 11.0. The van der Waals surface area contributed by atoms with Gasteiger partial charge in [0.2, 0.25) is 5.13 Å². The molecule has 26 heavy (non-hydrogen) atoms. The predicted molar refractivity (Wildman–Crippen MR) is 109 cm³/mol. The Morgan fingerprint density at radius 2 is 2.15 bits per heavy atom. The number of aryl methyl sites for hydroxylation is 1. The van der Waals surface area contributed by atoms with Gasteiger partial charge in [0.1, 0.15) is 0 Å². The second-order valence-corrected chi connectivity index (χ2v) is 9.37. The number of anilines is 1. The average molecular weight is 408 g/mol. The molecule has 3 aromatic rings. The number of hydrogen-bond donors (Lipinski definition) is 1. The van der Waals surface area contributed by atoms with Crippen molar-refractivity contribution in [3.8, 4) is 5.13 Å². The summed E-state index contributed by atoms with van der Waals surface area (Å²) in [5.41, 5.74) is 2.69. The van der Waals surface area contributed by atoms with E-state index in [1.807, 2.05) is 29.9 Å². The third kappa shape index (κ3) is 4.33. The molecule has 1 N–H and O–H groups in total. The van der Waals surface area contributed by atoms with Gasteiger partial charge in [0.15, 0.2) is 15.3 Å². The van der Waals surface area contributed by atoms with Gasteiger partial charge in [-0.25, -0.2) is 4.98 Å². The molecule has 0 radical (unpaired) electrons. The molecular formula is C17H21N5OS3. The van der Waals surface area contributed by atoms with Crippen LogP contribution in [0.1, 0.15) is 35.6 Å². The summed E-state index contributed by atoms with van der Waals surface area (Å²) in [6.07, 6.45) is 1.77. The van der Waals surface area contributed by atoms with Crippen LogP contribution < -0.4 is 5.32 Å². The van der Waals surface area contributed by atoms with Crippen molar-refractivity contribution < 1.29 is 4.79 Å². The molecule has 9 heteroatoms. The van der Waals surface area contributed by atoms with E-state index in [-0.39, 0.29) is 5.78 Å². The summed E-state index contributed by atoms with van der Waals surface area (Å²) in [6.45, 7) is 9.11. The molecule has 0 aliphatic carbocycles. The van der Waals surface area contributed by atoms with E-state index in [0.717, 1.165) is 38.1 Å². The number of nitrogens with one attached hydrogen (secondary N) is 1. The van der Waals surface area contributed by atoms with Gasteiger partial charge in [-0.1, -0.05) is 36.9 Å². The molecule has 0 bridgehead atoms. The fraction of sp³-hybridized carbons (Fsp3) is 0.412. The van der Waals surface area contributed by atoms with Gasteiger partial charge in [-0.05, 0) is 25.8 Å². The Balaban J connectivity index is 1.65. The largest absolute Gasteiger partial charge is 0.360 e. The van der Waals surface area contributed by atoms with Gasteiger partial charge in [-0.15, -0.1) is 21.5 Å². The first-order chi connectivity index (χ1) is 12.5. The summed E-state index contributed by atoms with van der Waals surface area (Å²) in [6, 6.07) is 1.94. The van der Waals surface area contributed by atoms with Crippen molar-refractivity contribution in [2.45, 2.75) is 32.0 Å². The number of thiazole rings is 1. The fourth-order valence-electron chi connectivity index (χ4n) is 2.50. The lowest BCUT2D eigenvalue weighted by Gasteiger charge is -2.05. The molecule has 0 aliphatic heterocycles. The minimum absolute atomic E-state index is 0.0952. The zero-order valence-electron chi connectivity index (χ0n) is 15.1. The maximum absolute atomic E-state index is 12.7. The van der Waals surface area contributed by atoms with E-state index in [4.69, 9.17) is 0 Å². The Morgan fingerprint density at radius 3 is 2.85 bits per heavy atom. The molecule has 0 saturated heterocycles. The third-order valence-electron chi connectivity index (χ3n) is 3.74. The molecular weight excluding hydrogens is 386 g/mol. The normalized spacial score (nSPS) is 11.3. The van der Waals surface area contributed by atoms with Crippen molar-refractivity contribution in [2.75, 3.05) is 17.6 Å². The van der Waals surface area contributed by atoms with Gasteiger partial charge in [0.05, 0.1) is 5.75 Å². The summed E-state index contributed by atoms with van der Waals surface area (Å²) in [7, 11) is 0. The smallest absolute Gasteiger partial charge is 0.206 e. The summed E-state index contributed by atoms with van der Waals surface area (Å²) < 4.78 is 2.83. The van der Waals surface area contributed by atoms with Gasteiger partial charge in [0.25, 0.3) is 0 Å². The molecule has 0 aromatic carbocycles. The lowest BCUT2D eigenvalue weighted by Crippen LogP contribution is -2.07. The lowest BCUT2D eigenvalue weighted by atomic mass is 10.2. The van der Waals surface area contributed by atoms with Crippen LogP contribution in [0.3, 0.4) is 0 Å². The molecule has 0 aliphatic rings. The summed E-state index contributed by atoms with van der Waals surface area (Å²) in [5, 5.41) is 15.2. The molecule has 0 atom stereocenters. The standard InChI is InChI=1S/C17H21N5OS3/c1-10(2)8-19-15-20-21-17(26-15)25-9-14(23)13-7-11(3)22(12(13)4)16-18-5-6-24-16/h5-7,10H,8-9H2,1-4H3,(H,19,20). The number of carbonyl (C=O) groups excluding carboxylic acids is 1. The van der Waals surface area contributed by atoms with Crippen molar-refractivity contribution in [3.63, 3.8) is 0 Å². The van der Waals surface area contributed by atoms with E-state index in [2.05, 4.69) is 34.3 Å². The molecule has 0 saturated carbocycles. The Morgan fingerprint density at radius 1 is 1.35 bits per heavy atom. The Bertz CT molecular complexity index is 882. The molecule has 0 amide bonds. The summed E-state index contributed by atoms with van der Waals surface area (Å²) in [4.78, 5) is 17.0. The zero-order valence-corrected chi connectivity index (χ0v) is 17.6. The Labute approximate surface area is 165 Å². The highest BCUT2D eigenvalue weighted by atomic mass is 32.2. The number of aromatic nitrogens is 4. The number of rotatable bonds is 8.